The maximum absolute atomic E-state index is 4.84. The lowest BCUT2D eigenvalue weighted by molar-refractivity contribution is 0.414. The van der Waals surface area contributed by atoms with Gasteiger partial charge in [-0.05, 0) is 25.5 Å². The summed E-state index contributed by atoms with van der Waals surface area (Å²) in [6.07, 6.45) is 1.58. The summed E-state index contributed by atoms with van der Waals surface area (Å²) in [5.74, 6) is 1.59. The smallest absolute Gasteiger partial charge is 0.196 e. The molecule has 0 fully saturated rings. The monoisotopic (exact) mass is 286 g/mol. The fourth-order valence-corrected chi connectivity index (χ4v) is 2.86. The lowest BCUT2D eigenvalue weighted by atomic mass is 10.2. The van der Waals surface area contributed by atoms with Crippen molar-refractivity contribution in [2.75, 3.05) is 0 Å². The first-order valence-electron chi connectivity index (χ1n) is 6.26. The molecule has 102 valence electrons. The molecule has 0 saturated heterocycles. The van der Waals surface area contributed by atoms with E-state index in [2.05, 4.69) is 39.0 Å². The molecule has 3 rings (SSSR count). The van der Waals surface area contributed by atoms with Crippen molar-refractivity contribution in [3.63, 3.8) is 0 Å². The number of hydrogen-bond acceptors (Lipinski definition) is 5. The molecule has 1 aromatic carbocycles. The second kappa shape index (κ2) is 5.50. The molecule has 0 aliphatic rings. The molecule has 20 heavy (non-hydrogen) atoms. The van der Waals surface area contributed by atoms with Gasteiger partial charge in [-0.2, -0.15) is 0 Å². The number of para-hydroxylation sites is 1. The minimum Gasteiger partial charge on any atom is -0.364 e. The second-order valence-corrected chi connectivity index (χ2v) is 5.37. The molecule has 0 aliphatic heterocycles. The third-order valence-corrected chi connectivity index (χ3v) is 3.95. The first-order valence-corrected chi connectivity index (χ1v) is 7.24. The van der Waals surface area contributed by atoms with Gasteiger partial charge in [-0.3, -0.25) is 4.57 Å². The molecular formula is C14H14N4OS. The van der Waals surface area contributed by atoms with Crippen LogP contribution < -0.4 is 0 Å². The van der Waals surface area contributed by atoms with Crippen molar-refractivity contribution >= 4 is 11.8 Å². The van der Waals surface area contributed by atoms with Gasteiger partial charge in [0.1, 0.15) is 12.1 Å². The van der Waals surface area contributed by atoms with Crippen LogP contribution in [0.5, 0.6) is 0 Å². The topological polar surface area (TPSA) is 56.7 Å². The van der Waals surface area contributed by atoms with Gasteiger partial charge < -0.3 is 4.52 Å². The highest BCUT2D eigenvalue weighted by Crippen LogP contribution is 2.25. The molecule has 0 saturated carbocycles. The SMILES string of the molecule is Cc1ccccc1-n1c(C)nnc1SCc1ccon1. The van der Waals surface area contributed by atoms with Crippen LogP contribution in [0.1, 0.15) is 17.1 Å². The zero-order chi connectivity index (χ0) is 13.9. The van der Waals surface area contributed by atoms with Crippen LogP contribution in [-0.2, 0) is 5.75 Å². The minimum atomic E-state index is 0.709. The predicted octanol–water partition coefficient (Wildman–Crippen LogP) is 3.16. The van der Waals surface area contributed by atoms with Crippen molar-refractivity contribution in [2.45, 2.75) is 24.8 Å². The molecule has 0 unspecified atom stereocenters. The van der Waals surface area contributed by atoms with Crippen LogP contribution in [-0.4, -0.2) is 19.9 Å². The molecule has 0 spiro atoms. The standard InChI is InChI=1S/C14H14N4OS/c1-10-5-3-4-6-13(10)18-11(2)15-16-14(18)20-9-12-7-8-19-17-12/h3-8H,9H2,1-2H3. The van der Waals surface area contributed by atoms with Gasteiger partial charge in [0.25, 0.3) is 0 Å². The van der Waals surface area contributed by atoms with Gasteiger partial charge in [0.05, 0.1) is 11.4 Å². The number of hydrogen-bond donors (Lipinski definition) is 0. The van der Waals surface area contributed by atoms with E-state index in [9.17, 15) is 0 Å². The summed E-state index contributed by atoms with van der Waals surface area (Å²) in [4.78, 5) is 0. The Hall–Kier alpha value is -2.08. The van der Waals surface area contributed by atoms with Gasteiger partial charge in [0, 0.05) is 11.8 Å². The van der Waals surface area contributed by atoms with Crippen LogP contribution in [0.25, 0.3) is 5.69 Å². The maximum Gasteiger partial charge on any atom is 0.196 e. The fourth-order valence-electron chi connectivity index (χ4n) is 1.98. The number of aromatic nitrogens is 4. The van der Waals surface area contributed by atoms with E-state index in [-0.39, 0.29) is 0 Å². The highest BCUT2D eigenvalue weighted by atomic mass is 32.2. The third kappa shape index (κ3) is 2.46. The van der Waals surface area contributed by atoms with Crippen molar-refractivity contribution in [3.8, 4) is 5.69 Å². The average molecular weight is 286 g/mol. The Labute approximate surface area is 121 Å². The van der Waals surface area contributed by atoms with Crippen LogP contribution in [0.2, 0.25) is 0 Å². The van der Waals surface area contributed by atoms with Crippen molar-refractivity contribution in [3.05, 3.63) is 53.7 Å². The highest BCUT2D eigenvalue weighted by molar-refractivity contribution is 7.98. The fraction of sp³-hybridized carbons (Fsp3) is 0.214. The van der Waals surface area contributed by atoms with Crippen LogP contribution in [0.3, 0.4) is 0 Å². The van der Waals surface area contributed by atoms with Crippen molar-refractivity contribution < 1.29 is 4.52 Å². The van der Waals surface area contributed by atoms with E-state index in [0.29, 0.717) is 5.75 Å². The van der Waals surface area contributed by atoms with Crippen molar-refractivity contribution in [1.82, 2.24) is 19.9 Å². The number of rotatable bonds is 4. The molecule has 6 heteroatoms. The lowest BCUT2D eigenvalue weighted by Gasteiger charge is -2.10. The summed E-state index contributed by atoms with van der Waals surface area (Å²) in [6, 6.07) is 10.1. The molecule has 5 nitrogen and oxygen atoms in total. The number of thioether (sulfide) groups is 1. The molecule has 2 aromatic heterocycles. The van der Waals surface area contributed by atoms with Crippen LogP contribution in [0, 0.1) is 13.8 Å². The van der Waals surface area contributed by atoms with Crippen molar-refractivity contribution in [2.24, 2.45) is 0 Å². The van der Waals surface area contributed by atoms with E-state index in [0.717, 1.165) is 22.4 Å². The van der Waals surface area contributed by atoms with E-state index in [1.165, 1.54) is 5.56 Å². The zero-order valence-corrected chi connectivity index (χ0v) is 12.1. The second-order valence-electron chi connectivity index (χ2n) is 4.43. The summed E-state index contributed by atoms with van der Waals surface area (Å²) < 4.78 is 6.91. The molecule has 0 amide bonds. The molecule has 0 radical (unpaired) electrons. The Kier molecular flexibility index (Phi) is 3.56. The van der Waals surface area contributed by atoms with Crippen LogP contribution in [0.4, 0.5) is 0 Å². The first kappa shape index (κ1) is 12.9. The molecule has 2 heterocycles. The quantitative estimate of drug-likeness (QED) is 0.689. The highest BCUT2D eigenvalue weighted by Gasteiger charge is 2.13. The third-order valence-electron chi connectivity index (χ3n) is 2.99. The summed E-state index contributed by atoms with van der Waals surface area (Å²) in [6.45, 7) is 4.04. The van der Waals surface area contributed by atoms with Gasteiger partial charge in [0.15, 0.2) is 5.16 Å². The average Bonchev–Trinajstić information content (AvgIpc) is 3.07. The van der Waals surface area contributed by atoms with Gasteiger partial charge in [0.2, 0.25) is 0 Å². The first-order chi connectivity index (χ1) is 9.75. The number of benzene rings is 1. The lowest BCUT2D eigenvalue weighted by Crippen LogP contribution is -2.01. The summed E-state index contributed by atoms with van der Waals surface area (Å²) in [5, 5.41) is 13.2. The predicted molar refractivity (Wildman–Crippen MR) is 76.9 cm³/mol. The van der Waals surface area contributed by atoms with E-state index in [1.54, 1.807) is 18.0 Å². The molecule has 0 atom stereocenters. The summed E-state index contributed by atoms with van der Waals surface area (Å²) in [7, 11) is 0. The van der Waals surface area contributed by atoms with E-state index in [4.69, 9.17) is 4.52 Å². The van der Waals surface area contributed by atoms with Gasteiger partial charge >= 0.3 is 0 Å². The Morgan fingerprint density at radius 3 is 2.75 bits per heavy atom. The van der Waals surface area contributed by atoms with E-state index >= 15 is 0 Å². The minimum absolute atomic E-state index is 0.709. The van der Waals surface area contributed by atoms with E-state index in [1.807, 2.05) is 25.1 Å². The van der Waals surface area contributed by atoms with Gasteiger partial charge in [-0.15, -0.1) is 10.2 Å². The Morgan fingerprint density at radius 1 is 1.15 bits per heavy atom. The molecular weight excluding hydrogens is 272 g/mol. The summed E-state index contributed by atoms with van der Waals surface area (Å²) >= 11 is 1.60. The molecule has 0 N–H and O–H groups in total. The molecule has 0 bridgehead atoms. The number of aryl methyl sites for hydroxylation is 2. The Bertz CT molecular complexity index is 706. The largest absolute Gasteiger partial charge is 0.364 e. The van der Waals surface area contributed by atoms with Gasteiger partial charge in [-0.1, -0.05) is 35.1 Å². The van der Waals surface area contributed by atoms with Crippen LogP contribution >= 0.6 is 11.8 Å². The van der Waals surface area contributed by atoms with E-state index < -0.39 is 0 Å². The molecule has 0 aliphatic carbocycles. The van der Waals surface area contributed by atoms with Crippen molar-refractivity contribution in [1.29, 1.82) is 0 Å². The normalized spacial score (nSPS) is 10.9. The maximum atomic E-state index is 4.84. The molecule has 3 aromatic rings. The summed E-state index contributed by atoms with van der Waals surface area (Å²) in [5.41, 5.74) is 3.20. The zero-order valence-electron chi connectivity index (χ0n) is 11.3. The van der Waals surface area contributed by atoms with Gasteiger partial charge in [-0.25, -0.2) is 0 Å². The number of nitrogens with zero attached hydrogens (tertiary/aromatic N) is 4. The Morgan fingerprint density at radius 2 is 2.00 bits per heavy atom. The Balaban J connectivity index is 1.92. The van der Waals surface area contributed by atoms with Crippen LogP contribution in [0.15, 0.2) is 46.3 Å².